The van der Waals surface area contributed by atoms with E-state index in [0.717, 1.165) is 16.8 Å². The molecular weight excluding hydrogens is 396 g/mol. The lowest BCUT2D eigenvalue weighted by molar-refractivity contribution is -0.120. The van der Waals surface area contributed by atoms with Crippen LogP contribution in [0.25, 0.3) is 0 Å². The Balaban J connectivity index is 1.61. The van der Waals surface area contributed by atoms with Gasteiger partial charge in [0, 0.05) is 29.7 Å². The van der Waals surface area contributed by atoms with Crippen LogP contribution in [0, 0.1) is 19.8 Å². The van der Waals surface area contributed by atoms with E-state index in [0.29, 0.717) is 36.5 Å². The van der Waals surface area contributed by atoms with Crippen LogP contribution in [0.1, 0.15) is 29.5 Å². The van der Waals surface area contributed by atoms with E-state index < -0.39 is 10.0 Å². The standard InChI is InChI=1S/C21H25ClN2O3S/c1-15-6-5-7-16(2)20(15)23-21(25)17-10-12-24(13-11-17)28(26,27)14-18-8-3-4-9-19(18)22/h3-9,17H,10-14H2,1-2H3,(H,23,25). The first-order chi connectivity index (χ1) is 13.3. The molecule has 0 bridgehead atoms. The maximum Gasteiger partial charge on any atom is 0.227 e. The molecule has 0 saturated carbocycles. The van der Waals surface area contributed by atoms with E-state index in [4.69, 9.17) is 11.6 Å². The van der Waals surface area contributed by atoms with Crippen molar-refractivity contribution in [1.29, 1.82) is 0 Å². The van der Waals surface area contributed by atoms with Gasteiger partial charge in [-0.25, -0.2) is 12.7 Å². The number of nitrogens with zero attached hydrogens (tertiary/aromatic N) is 1. The number of halogens is 1. The number of benzene rings is 2. The van der Waals surface area contributed by atoms with Crippen LogP contribution >= 0.6 is 11.6 Å². The summed E-state index contributed by atoms with van der Waals surface area (Å²) in [5.41, 5.74) is 3.49. The average Bonchev–Trinajstić information content (AvgIpc) is 2.66. The van der Waals surface area contributed by atoms with Crippen LogP contribution in [-0.4, -0.2) is 31.7 Å². The SMILES string of the molecule is Cc1cccc(C)c1NC(=O)C1CCN(S(=O)(=O)Cc2ccccc2Cl)CC1. The van der Waals surface area contributed by atoms with Crippen molar-refractivity contribution >= 4 is 33.2 Å². The molecule has 0 spiro atoms. The van der Waals surface area contributed by atoms with Crippen LogP contribution in [0.2, 0.25) is 5.02 Å². The van der Waals surface area contributed by atoms with Gasteiger partial charge in [-0.3, -0.25) is 4.79 Å². The first-order valence-corrected chi connectivity index (χ1v) is 11.3. The molecule has 5 nitrogen and oxygen atoms in total. The molecule has 28 heavy (non-hydrogen) atoms. The third kappa shape index (κ3) is 4.74. The first-order valence-electron chi connectivity index (χ1n) is 9.36. The molecule has 1 N–H and O–H groups in total. The van der Waals surface area contributed by atoms with Gasteiger partial charge in [-0.05, 0) is 49.4 Å². The Morgan fingerprint density at radius 2 is 1.68 bits per heavy atom. The van der Waals surface area contributed by atoms with E-state index in [1.807, 2.05) is 32.0 Å². The topological polar surface area (TPSA) is 66.5 Å². The molecule has 1 fully saturated rings. The van der Waals surface area contributed by atoms with Gasteiger partial charge in [0.25, 0.3) is 0 Å². The first kappa shape index (κ1) is 20.8. The van der Waals surface area contributed by atoms with Gasteiger partial charge in [-0.15, -0.1) is 0 Å². The number of anilines is 1. The van der Waals surface area contributed by atoms with E-state index in [9.17, 15) is 13.2 Å². The summed E-state index contributed by atoms with van der Waals surface area (Å²) in [6.45, 7) is 4.62. The Kier molecular flexibility index (Phi) is 6.43. The number of aryl methyl sites for hydroxylation is 2. The van der Waals surface area contributed by atoms with Crippen molar-refractivity contribution in [2.24, 2.45) is 5.92 Å². The molecule has 0 aliphatic carbocycles. The van der Waals surface area contributed by atoms with Gasteiger partial charge in [0.15, 0.2) is 0 Å². The molecular formula is C21H25ClN2O3S. The van der Waals surface area contributed by atoms with Crippen molar-refractivity contribution < 1.29 is 13.2 Å². The van der Waals surface area contributed by atoms with Gasteiger partial charge >= 0.3 is 0 Å². The van der Waals surface area contributed by atoms with E-state index in [1.54, 1.807) is 24.3 Å². The summed E-state index contributed by atoms with van der Waals surface area (Å²) in [4.78, 5) is 12.7. The summed E-state index contributed by atoms with van der Waals surface area (Å²) in [5, 5.41) is 3.48. The Morgan fingerprint density at radius 1 is 1.07 bits per heavy atom. The molecule has 0 aromatic heterocycles. The molecule has 2 aromatic rings. The molecule has 1 heterocycles. The van der Waals surface area contributed by atoms with Crippen molar-refractivity contribution in [3.63, 3.8) is 0 Å². The monoisotopic (exact) mass is 420 g/mol. The zero-order chi connectivity index (χ0) is 20.3. The maximum absolute atomic E-state index is 12.7. The molecule has 0 radical (unpaired) electrons. The predicted molar refractivity (Wildman–Crippen MR) is 113 cm³/mol. The van der Waals surface area contributed by atoms with E-state index >= 15 is 0 Å². The fraction of sp³-hybridized carbons (Fsp3) is 0.381. The van der Waals surface area contributed by atoms with Crippen molar-refractivity contribution in [3.8, 4) is 0 Å². The Hall–Kier alpha value is -1.89. The average molecular weight is 421 g/mol. The van der Waals surface area contributed by atoms with Gasteiger partial charge in [-0.1, -0.05) is 48.0 Å². The smallest absolute Gasteiger partial charge is 0.227 e. The van der Waals surface area contributed by atoms with Crippen LogP contribution in [-0.2, 0) is 20.6 Å². The summed E-state index contributed by atoms with van der Waals surface area (Å²) in [5.74, 6) is -0.349. The van der Waals surface area contributed by atoms with Gasteiger partial charge in [0.05, 0.1) is 5.75 Å². The van der Waals surface area contributed by atoms with Crippen molar-refractivity contribution in [2.75, 3.05) is 18.4 Å². The summed E-state index contributed by atoms with van der Waals surface area (Å²) in [6, 6.07) is 12.9. The number of amides is 1. The van der Waals surface area contributed by atoms with Crippen LogP contribution in [0.15, 0.2) is 42.5 Å². The minimum atomic E-state index is -3.46. The summed E-state index contributed by atoms with van der Waals surface area (Å²) in [6.07, 6.45) is 1.02. The van der Waals surface area contributed by atoms with Crippen LogP contribution in [0.3, 0.4) is 0 Å². The second kappa shape index (κ2) is 8.64. The van der Waals surface area contributed by atoms with Crippen LogP contribution in [0.5, 0.6) is 0 Å². The molecule has 1 aliphatic rings. The molecule has 1 amide bonds. The zero-order valence-corrected chi connectivity index (χ0v) is 17.7. The van der Waals surface area contributed by atoms with Gasteiger partial charge in [0.1, 0.15) is 0 Å². The van der Waals surface area contributed by atoms with E-state index in [2.05, 4.69) is 5.32 Å². The fourth-order valence-electron chi connectivity index (χ4n) is 3.54. The van der Waals surface area contributed by atoms with Crippen LogP contribution < -0.4 is 5.32 Å². The van der Waals surface area contributed by atoms with Crippen LogP contribution in [0.4, 0.5) is 5.69 Å². The summed E-state index contributed by atoms with van der Waals surface area (Å²) in [7, 11) is -3.46. The fourth-order valence-corrected chi connectivity index (χ4v) is 5.41. The second-order valence-corrected chi connectivity index (χ2v) is 9.65. The minimum Gasteiger partial charge on any atom is -0.325 e. The molecule has 150 valence electrons. The van der Waals surface area contributed by atoms with Crippen molar-refractivity contribution in [3.05, 3.63) is 64.2 Å². The molecule has 0 atom stereocenters. The molecule has 1 aliphatic heterocycles. The molecule has 2 aromatic carbocycles. The van der Waals surface area contributed by atoms with Crippen molar-refractivity contribution in [1.82, 2.24) is 4.31 Å². The second-order valence-electron chi connectivity index (χ2n) is 7.28. The summed E-state index contributed by atoms with van der Waals surface area (Å²) >= 11 is 6.10. The number of hydrogen-bond donors (Lipinski definition) is 1. The number of carbonyl (C=O) groups excluding carboxylic acids is 1. The number of sulfonamides is 1. The lowest BCUT2D eigenvalue weighted by atomic mass is 9.96. The number of piperidine rings is 1. The number of nitrogens with one attached hydrogen (secondary N) is 1. The highest BCUT2D eigenvalue weighted by atomic mass is 35.5. The van der Waals surface area contributed by atoms with E-state index in [1.165, 1.54) is 4.31 Å². The quantitative estimate of drug-likeness (QED) is 0.790. The Labute approximate surface area is 171 Å². The predicted octanol–water partition coefficient (Wildman–Crippen LogP) is 4.14. The highest BCUT2D eigenvalue weighted by Gasteiger charge is 2.31. The summed E-state index contributed by atoms with van der Waals surface area (Å²) < 4.78 is 26.9. The Morgan fingerprint density at radius 3 is 2.29 bits per heavy atom. The molecule has 1 saturated heterocycles. The Bertz CT molecular complexity index is 947. The lowest BCUT2D eigenvalue weighted by Crippen LogP contribution is -2.42. The van der Waals surface area contributed by atoms with Gasteiger partial charge < -0.3 is 5.32 Å². The van der Waals surface area contributed by atoms with Gasteiger partial charge in [0.2, 0.25) is 15.9 Å². The largest absolute Gasteiger partial charge is 0.325 e. The number of carbonyl (C=O) groups is 1. The van der Waals surface area contributed by atoms with E-state index in [-0.39, 0.29) is 17.6 Å². The number of para-hydroxylation sites is 1. The third-order valence-corrected chi connectivity index (χ3v) is 7.44. The third-order valence-electron chi connectivity index (χ3n) is 5.24. The molecule has 7 heteroatoms. The zero-order valence-electron chi connectivity index (χ0n) is 16.1. The maximum atomic E-state index is 12.7. The molecule has 3 rings (SSSR count). The highest BCUT2D eigenvalue weighted by molar-refractivity contribution is 7.88. The number of rotatable bonds is 5. The normalized spacial score (nSPS) is 16.1. The highest BCUT2D eigenvalue weighted by Crippen LogP contribution is 2.26. The minimum absolute atomic E-state index is 0.0412. The number of hydrogen-bond acceptors (Lipinski definition) is 3. The lowest BCUT2D eigenvalue weighted by Gasteiger charge is -2.31. The van der Waals surface area contributed by atoms with Crippen molar-refractivity contribution in [2.45, 2.75) is 32.4 Å². The molecule has 0 unspecified atom stereocenters. The van der Waals surface area contributed by atoms with Gasteiger partial charge in [-0.2, -0.15) is 0 Å².